The Labute approximate surface area is 152 Å². The van der Waals surface area contributed by atoms with Crippen molar-refractivity contribution in [1.82, 2.24) is 10.9 Å². The molecule has 0 unspecified atom stereocenters. The Morgan fingerprint density at radius 2 is 1.88 bits per heavy atom. The van der Waals surface area contributed by atoms with Gasteiger partial charge in [-0.15, -0.1) is 0 Å². The van der Waals surface area contributed by atoms with Crippen LogP contribution in [0.15, 0.2) is 63.5 Å². The van der Waals surface area contributed by atoms with Gasteiger partial charge in [0.15, 0.2) is 5.76 Å². The van der Waals surface area contributed by atoms with Crippen LogP contribution in [0.4, 0.5) is 0 Å². The molecule has 2 N–H and O–H groups in total. The number of nitrogens with one attached hydrogen (secondary N) is 2. The van der Waals surface area contributed by atoms with Crippen LogP contribution in [-0.4, -0.2) is 11.8 Å². The van der Waals surface area contributed by atoms with Crippen LogP contribution in [0, 0.1) is 6.92 Å². The number of furan rings is 1. The largest absolute Gasteiger partial charge is 0.451 e. The molecule has 6 heteroatoms. The summed E-state index contributed by atoms with van der Waals surface area (Å²) in [6.45, 7) is 1.80. The molecule has 0 aliphatic heterocycles. The quantitative estimate of drug-likeness (QED) is 0.517. The summed E-state index contributed by atoms with van der Waals surface area (Å²) in [6, 6.07) is 14.9. The lowest BCUT2D eigenvalue weighted by Crippen LogP contribution is -2.40. The van der Waals surface area contributed by atoms with Crippen molar-refractivity contribution in [3.63, 3.8) is 0 Å². The van der Waals surface area contributed by atoms with Gasteiger partial charge in [-0.1, -0.05) is 46.3 Å². The maximum Gasteiger partial charge on any atom is 0.305 e. The molecule has 1 heterocycles. The second-order valence-electron chi connectivity index (χ2n) is 5.38. The number of amides is 2. The highest BCUT2D eigenvalue weighted by atomic mass is 79.9. The molecule has 3 aromatic rings. The van der Waals surface area contributed by atoms with E-state index < -0.39 is 11.8 Å². The van der Waals surface area contributed by atoms with Crippen LogP contribution in [0.5, 0.6) is 0 Å². The molecule has 126 valence electrons. The Hall–Kier alpha value is -2.86. The van der Waals surface area contributed by atoms with Crippen LogP contribution >= 0.6 is 15.9 Å². The zero-order valence-electron chi connectivity index (χ0n) is 13.4. The monoisotopic (exact) mass is 398 g/mol. The molecular weight excluding hydrogens is 384 g/mol. The first-order chi connectivity index (χ1) is 12.0. The lowest BCUT2D eigenvalue weighted by Gasteiger charge is -2.03. The summed E-state index contributed by atoms with van der Waals surface area (Å²) in [4.78, 5) is 24.0. The average Bonchev–Trinajstić information content (AvgIpc) is 2.95. The van der Waals surface area contributed by atoms with E-state index in [0.717, 1.165) is 21.0 Å². The number of carbonyl (C=O) groups is 2. The van der Waals surface area contributed by atoms with E-state index in [4.69, 9.17) is 4.42 Å². The van der Waals surface area contributed by atoms with E-state index >= 15 is 0 Å². The summed E-state index contributed by atoms with van der Waals surface area (Å²) < 4.78 is 6.47. The van der Waals surface area contributed by atoms with Gasteiger partial charge in [0.05, 0.1) is 0 Å². The predicted octanol–water partition coefficient (Wildman–Crippen LogP) is 3.98. The average molecular weight is 399 g/mol. The van der Waals surface area contributed by atoms with E-state index in [-0.39, 0.29) is 5.76 Å². The lowest BCUT2D eigenvalue weighted by atomic mass is 10.1. The number of aryl methyl sites for hydroxylation is 1. The molecule has 3 rings (SSSR count). The zero-order valence-corrected chi connectivity index (χ0v) is 15.0. The predicted molar refractivity (Wildman–Crippen MR) is 99.7 cm³/mol. The van der Waals surface area contributed by atoms with Gasteiger partial charge in [-0.2, -0.15) is 0 Å². The van der Waals surface area contributed by atoms with Gasteiger partial charge in [-0.3, -0.25) is 20.4 Å². The number of hydrazine groups is 1. The van der Waals surface area contributed by atoms with Gasteiger partial charge >= 0.3 is 5.91 Å². The first kappa shape index (κ1) is 17.0. The highest BCUT2D eigenvalue weighted by Crippen LogP contribution is 2.24. The number of rotatable bonds is 3. The second-order valence-corrected chi connectivity index (χ2v) is 6.30. The summed E-state index contributed by atoms with van der Waals surface area (Å²) in [5.74, 6) is -0.766. The highest BCUT2D eigenvalue weighted by Gasteiger charge is 2.17. The number of hydrogen-bond donors (Lipinski definition) is 2. The van der Waals surface area contributed by atoms with E-state index in [2.05, 4.69) is 26.8 Å². The van der Waals surface area contributed by atoms with Gasteiger partial charge < -0.3 is 4.42 Å². The van der Waals surface area contributed by atoms with Crippen molar-refractivity contribution >= 4 is 44.8 Å². The minimum atomic E-state index is -0.502. The number of hydrogen-bond acceptors (Lipinski definition) is 3. The summed E-state index contributed by atoms with van der Waals surface area (Å²) in [5, 5.41) is 0.869. The molecule has 2 amide bonds. The normalized spacial score (nSPS) is 11.0. The van der Waals surface area contributed by atoms with E-state index in [1.54, 1.807) is 19.1 Å². The number of para-hydroxylation sites is 1. The number of benzene rings is 2. The minimum absolute atomic E-state index is 0.178. The van der Waals surface area contributed by atoms with Gasteiger partial charge in [0.1, 0.15) is 5.58 Å². The first-order valence-corrected chi connectivity index (χ1v) is 8.36. The number of halogens is 1. The van der Waals surface area contributed by atoms with Crippen molar-refractivity contribution < 1.29 is 14.0 Å². The van der Waals surface area contributed by atoms with Crippen molar-refractivity contribution in [3.05, 3.63) is 76.0 Å². The zero-order chi connectivity index (χ0) is 17.8. The fourth-order valence-electron chi connectivity index (χ4n) is 2.39. The summed E-state index contributed by atoms with van der Waals surface area (Å²) in [6.07, 6.45) is 2.99. The van der Waals surface area contributed by atoms with Crippen LogP contribution in [0.25, 0.3) is 17.0 Å². The molecule has 1 aromatic heterocycles. The fraction of sp³-hybridized carbons (Fsp3) is 0.0526. The molecule has 0 saturated carbocycles. The molecule has 0 fully saturated rings. The highest BCUT2D eigenvalue weighted by molar-refractivity contribution is 9.10. The van der Waals surface area contributed by atoms with Crippen LogP contribution in [-0.2, 0) is 4.79 Å². The van der Waals surface area contributed by atoms with Crippen LogP contribution in [0.2, 0.25) is 0 Å². The van der Waals surface area contributed by atoms with Gasteiger partial charge in [-0.25, -0.2) is 0 Å². The Bertz CT molecular complexity index is 976. The van der Waals surface area contributed by atoms with Crippen LogP contribution in [0.3, 0.4) is 0 Å². The van der Waals surface area contributed by atoms with Crippen molar-refractivity contribution in [2.75, 3.05) is 0 Å². The molecule has 0 radical (unpaired) electrons. The molecule has 0 aliphatic carbocycles. The first-order valence-electron chi connectivity index (χ1n) is 7.56. The Morgan fingerprint density at radius 1 is 1.08 bits per heavy atom. The van der Waals surface area contributed by atoms with Gasteiger partial charge in [0.25, 0.3) is 5.91 Å². The van der Waals surface area contributed by atoms with Gasteiger partial charge in [0.2, 0.25) is 0 Å². The molecule has 0 atom stereocenters. The standard InChI is InChI=1S/C19H15BrN2O3/c1-12-15-7-2-3-8-16(15)25-18(12)19(24)22-21-17(23)10-9-13-5-4-6-14(20)11-13/h2-11H,1H3,(H,21,23)(H,22,24)/b10-9+. The maximum atomic E-state index is 12.2. The smallest absolute Gasteiger partial charge is 0.305 e. The minimum Gasteiger partial charge on any atom is -0.451 e. The Morgan fingerprint density at radius 3 is 2.64 bits per heavy atom. The topological polar surface area (TPSA) is 71.3 Å². The lowest BCUT2D eigenvalue weighted by molar-refractivity contribution is -0.117. The Balaban J connectivity index is 1.63. The van der Waals surface area contributed by atoms with Crippen molar-refractivity contribution in [2.45, 2.75) is 6.92 Å². The molecule has 0 bridgehead atoms. The van der Waals surface area contributed by atoms with E-state index in [0.29, 0.717) is 5.58 Å². The molecule has 0 saturated heterocycles. The maximum absolute atomic E-state index is 12.2. The van der Waals surface area contributed by atoms with Gasteiger partial charge in [0, 0.05) is 21.5 Å². The van der Waals surface area contributed by atoms with E-state index in [9.17, 15) is 9.59 Å². The third-order valence-electron chi connectivity index (χ3n) is 3.62. The van der Waals surface area contributed by atoms with Crippen molar-refractivity contribution in [1.29, 1.82) is 0 Å². The third kappa shape index (κ3) is 3.97. The Kier molecular flexibility index (Phi) is 5.00. The SMILES string of the molecule is Cc1c(C(=O)NNC(=O)/C=C/c2cccc(Br)c2)oc2ccccc12. The molecular formula is C19H15BrN2O3. The van der Waals surface area contributed by atoms with E-state index in [1.807, 2.05) is 42.5 Å². The molecule has 25 heavy (non-hydrogen) atoms. The summed E-state index contributed by atoms with van der Waals surface area (Å²) in [5.41, 5.74) is 6.92. The number of carbonyl (C=O) groups excluding carboxylic acids is 2. The third-order valence-corrected chi connectivity index (χ3v) is 4.12. The summed E-state index contributed by atoms with van der Waals surface area (Å²) >= 11 is 3.36. The molecule has 0 aliphatic rings. The molecule has 2 aromatic carbocycles. The number of fused-ring (bicyclic) bond motifs is 1. The van der Waals surface area contributed by atoms with E-state index in [1.165, 1.54) is 6.08 Å². The molecule has 0 spiro atoms. The van der Waals surface area contributed by atoms with Crippen molar-refractivity contribution in [3.8, 4) is 0 Å². The van der Waals surface area contributed by atoms with Crippen LogP contribution < -0.4 is 10.9 Å². The van der Waals surface area contributed by atoms with Crippen LogP contribution in [0.1, 0.15) is 21.7 Å². The second kappa shape index (κ2) is 7.36. The van der Waals surface area contributed by atoms with Crippen molar-refractivity contribution in [2.24, 2.45) is 0 Å². The fourth-order valence-corrected chi connectivity index (χ4v) is 2.81. The summed E-state index contributed by atoms with van der Waals surface area (Å²) in [7, 11) is 0. The van der Waals surface area contributed by atoms with Gasteiger partial charge in [-0.05, 0) is 36.8 Å². The molecule has 5 nitrogen and oxygen atoms in total.